The van der Waals surface area contributed by atoms with Crippen LogP contribution in [0.15, 0.2) is 18.6 Å². The molecule has 0 aromatic carbocycles. The first-order valence-corrected chi connectivity index (χ1v) is 12.9. The number of nitrogens with zero attached hydrogens (tertiary/aromatic N) is 6. The number of halogens is 3. The van der Waals surface area contributed by atoms with Gasteiger partial charge in [0.05, 0.1) is 19.8 Å². The SMILES string of the molecule is CCOCc1nn(CCOCC(F)(F)F)c2c(Nc3ccncn3)nc(NC3CC(C)(C)NC(C)(C)C3)nc12. The van der Waals surface area contributed by atoms with Crippen molar-refractivity contribution in [2.24, 2.45) is 0 Å². The zero-order valence-electron chi connectivity index (χ0n) is 22.9. The Bertz CT molecular complexity index is 1230. The molecule has 0 bridgehead atoms. The van der Waals surface area contributed by atoms with Crippen molar-refractivity contribution in [3.8, 4) is 0 Å². The van der Waals surface area contributed by atoms with Crippen LogP contribution in [0.3, 0.4) is 0 Å². The van der Waals surface area contributed by atoms with Crippen LogP contribution >= 0.6 is 0 Å². The Morgan fingerprint density at radius 3 is 2.51 bits per heavy atom. The summed E-state index contributed by atoms with van der Waals surface area (Å²) in [5.74, 6) is 1.30. The molecule has 0 amide bonds. The standard InChI is InChI=1S/C25H36F3N9O2/c1-6-38-13-17-19-20(37(35-17)9-10-39-14-25(26,27)28)21(32-18-7-8-29-15-30-18)34-22(33-19)31-16-11-23(2,3)36-24(4,5)12-16/h7-8,15-16,36H,6,9-14H2,1-5H3,(H2,29,30,31,32,33,34). The highest BCUT2D eigenvalue weighted by atomic mass is 19.4. The second-order valence-electron chi connectivity index (χ2n) is 10.9. The minimum atomic E-state index is -4.41. The van der Waals surface area contributed by atoms with Gasteiger partial charge in [-0.05, 0) is 53.5 Å². The van der Waals surface area contributed by atoms with Crippen LogP contribution in [0.1, 0.15) is 53.2 Å². The van der Waals surface area contributed by atoms with E-state index in [1.807, 2.05) is 6.92 Å². The van der Waals surface area contributed by atoms with Crippen molar-refractivity contribution in [3.63, 3.8) is 0 Å². The minimum Gasteiger partial charge on any atom is -0.375 e. The first-order chi connectivity index (χ1) is 18.3. The molecular weight excluding hydrogens is 515 g/mol. The zero-order chi connectivity index (χ0) is 28.3. The molecule has 0 atom stereocenters. The van der Waals surface area contributed by atoms with Gasteiger partial charge in [0, 0.05) is 29.9 Å². The average molecular weight is 552 g/mol. The molecule has 0 radical (unpaired) electrons. The first-order valence-electron chi connectivity index (χ1n) is 12.9. The van der Waals surface area contributed by atoms with Gasteiger partial charge in [-0.2, -0.15) is 23.3 Å². The monoisotopic (exact) mass is 551 g/mol. The van der Waals surface area contributed by atoms with Gasteiger partial charge >= 0.3 is 6.18 Å². The smallest absolute Gasteiger partial charge is 0.375 e. The Labute approximate surface area is 225 Å². The second-order valence-corrected chi connectivity index (χ2v) is 10.9. The summed E-state index contributed by atoms with van der Waals surface area (Å²) in [6.07, 6.45) is 0.298. The molecule has 4 rings (SSSR count). The van der Waals surface area contributed by atoms with Crippen LogP contribution in [-0.2, 0) is 22.6 Å². The van der Waals surface area contributed by atoms with E-state index in [2.05, 4.69) is 58.7 Å². The third kappa shape index (κ3) is 7.96. The van der Waals surface area contributed by atoms with Crippen LogP contribution in [-0.4, -0.2) is 72.8 Å². The van der Waals surface area contributed by atoms with E-state index < -0.39 is 12.8 Å². The molecule has 3 N–H and O–H groups in total. The summed E-state index contributed by atoms with van der Waals surface area (Å²) < 4.78 is 49.8. The zero-order valence-corrected chi connectivity index (χ0v) is 22.9. The van der Waals surface area contributed by atoms with Gasteiger partial charge in [0.15, 0.2) is 5.82 Å². The molecule has 1 fully saturated rings. The van der Waals surface area contributed by atoms with Gasteiger partial charge in [0.2, 0.25) is 5.95 Å². The van der Waals surface area contributed by atoms with Crippen molar-refractivity contribution in [2.75, 3.05) is 30.5 Å². The van der Waals surface area contributed by atoms with E-state index in [9.17, 15) is 13.2 Å². The molecule has 1 aliphatic rings. The van der Waals surface area contributed by atoms with Gasteiger partial charge in [-0.25, -0.2) is 15.0 Å². The lowest BCUT2D eigenvalue weighted by Crippen LogP contribution is -2.60. The number of ether oxygens (including phenoxy) is 2. The summed E-state index contributed by atoms with van der Waals surface area (Å²) >= 11 is 0. The van der Waals surface area contributed by atoms with E-state index in [0.29, 0.717) is 40.9 Å². The molecule has 0 spiro atoms. The maximum atomic E-state index is 12.6. The molecule has 4 heterocycles. The molecular formula is C25H36F3N9O2. The van der Waals surface area contributed by atoms with Gasteiger partial charge in [0.1, 0.15) is 35.5 Å². The molecule has 0 unspecified atom stereocenters. The summed E-state index contributed by atoms with van der Waals surface area (Å²) in [6, 6.07) is 1.79. The highest BCUT2D eigenvalue weighted by molar-refractivity contribution is 5.90. The van der Waals surface area contributed by atoms with Crippen molar-refractivity contribution in [1.82, 2.24) is 35.0 Å². The predicted molar refractivity (Wildman–Crippen MR) is 141 cm³/mol. The Balaban J connectivity index is 1.72. The summed E-state index contributed by atoms with van der Waals surface area (Å²) in [7, 11) is 0. The Morgan fingerprint density at radius 1 is 1.13 bits per heavy atom. The van der Waals surface area contributed by atoms with Crippen LogP contribution in [0.4, 0.5) is 30.8 Å². The molecule has 0 saturated carbocycles. The molecule has 0 aliphatic carbocycles. The summed E-state index contributed by atoms with van der Waals surface area (Å²) in [6.45, 7) is 9.71. The quantitative estimate of drug-likeness (QED) is 0.299. The number of nitrogens with one attached hydrogen (secondary N) is 3. The van der Waals surface area contributed by atoms with Crippen LogP contribution in [0.25, 0.3) is 11.0 Å². The number of hydrogen-bond acceptors (Lipinski definition) is 10. The first kappa shape index (κ1) is 28.9. The molecule has 1 saturated heterocycles. The van der Waals surface area contributed by atoms with Gasteiger partial charge in [-0.3, -0.25) is 4.68 Å². The van der Waals surface area contributed by atoms with E-state index in [1.54, 1.807) is 16.9 Å². The highest BCUT2D eigenvalue weighted by Gasteiger charge is 2.38. The largest absolute Gasteiger partial charge is 0.411 e. The third-order valence-electron chi connectivity index (χ3n) is 6.16. The number of hydrogen-bond donors (Lipinski definition) is 3. The van der Waals surface area contributed by atoms with Crippen LogP contribution in [0, 0.1) is 0 Å². The molecule has 14 heteroatoms. The van der Waals surface area contributed by atoms with Crippen LogP contribution in [0.5, 0.6) is 0 Å². The fourth-order valence-electron chi connectivity index (χ4n) is 5.18. The van der Waals surface area contributed by atoms with E-state index in [1.165, 1.54) is 6.33 Å². The Morgan fingerprint density at radius 2 is 1.87 bits per heavy atom. The van der Waals surface area contributed by atoms with Gasteiger partial charge < -0.3 is 25.4 Å². The number of aromatic nitrogens is 6. The third-order valence-corrected chi connectivity index (χ3v) is 6.16. The molecule has 3 aromatic rings. The normalized spacial score (nSPS) is 17.4. The molecule has 11 nitrogen and oxygen atoms in total. The van der Waals surface area contributed by atoms with Crippen LogP contribution in [0.2, 0.25) is 0 Å². The number of anilines is 3. The summed E-state index contributed by atoms with van der Waals surface area (Å²) in [5.41, 5.74) is 1.40. The average Bonchev–Trinajstić information content (AvgIpc) is 3.16. The fraction of sp³-hybridized carbons (Fsp3) is 0.640. The van der Waals surface area contributed by atoms with E-state index in [-0.39, 0.29) is 36.9 Å². The molecule has 1 aliphatic heterocycles. The summed E-state index contributed by atoms with van der Waals surface area (Å²) in [5, 5.41) is 15.0. The topological polar surface area (TPSA) is 124 Å². The van der Waals surface area contributed by atoms with Crippen molar-refractivity contribution >= 4 is 28.6 Å². The molecule has 214 valence electrons. The Kier molecular flexibility index (Phi) is 8.57. The van der Waals surface area contributed by atoms with Crippen molar-refractivity contribution in [2.45, 2.75) is 83.9 Å². The van der Waals surface area contributed by atoms with Crippen molar-refractivity contribution in [1.29, 1.82) is 0 Å². The predicted octanol–water partition coefficient (Wildman–Crippen LogP) is 4.20. The van der Waals surface area contributed by atoms with E-state index in [0.717, 1.165) is 12.8 Å². The Hall–Kier alpha value is -3.10. The number of piperidine rings is 1. The van der Waals surface area contributed by atoms with Crippen LogP contribution < -0.4 is 16.0 Å². The molecule has 39 heavy (non-hydrogen) atoms. The molecule has 3 aromatic heterocycles. The van der Waals surface area contributed by atoms with Gasteiger partial charge in [0.25, 0.3) is 0 Å². The minimum absolute atomic E-state index is 0.0595. The fourth-order valence-corrected chi connectivity index (χ4v) is 5.18. The van der Waals surface area contributed by atoms with Crippen molar-refractivity contribution in [3.05, 3.63) is 24.3 Å². The van der Waals surface area contributed by atoms with E-state index in [4.69, 9.17) is 19.4 Å². The second kappa shape index (κ2) is 11.6. The number of alkyl halides is 3. The summed E-state index contributed by atoms with van der Waals surface area (Å²) in [4.78, 5) is 17.8. The number of rotatable bonds is 11. The van der Waals surface area contributed by atoms with E-state index >= 15 is 0 Å². The highest BCUT2D eigenvalue weighted by Crippen LogP contribution is 2.32. The number of fused-ring (bicyclic) bond motifs is 1. The lowest BCUT2D eigenvalue weighted by atomic mass is 9.80. The van der Waals surface area contributed by atoms with Gasteiger partial charge in [-0.1, -0.05) is 0 Å². The lowest BCUT2D eigenvalue weighted by Gasteiger charge is -2.46. The van der Waals surface area contributed by atoms with Crippen molar-refractivity contribution < 1.29 is 22.6 Å². The maximum absolute atomic E-state index is 12.6. The maximum Gasteiger partial charge on any atom is 0.411 e. The lowest BCUT2D eigenvalue weighted by molar-refractivity contribution is -0.174. The van der Waals surface area contributed by atoms with Gasteiger partial charge in [-0.15, -0.1) is 0 Å².